The van der Waals surface area contributed by atoms with E-state index >= 15 is 0 Å². The number of piperidine rings is 1. The molecule has 39 heavy (non-hydrogen) atoms. The van der Waals surface area contributed by atoms with Crippen LogP contribution < -0.4 is 10.1 Å². The molecule has 1 aliphatic heterocycles. The Kier molecular flexibility index (Phi) is 8.55. The molecule has 1 heterocycles. The van der Waals surface area contributed by atoms with Crippen molar-refractivity contribution in [3.8, 4) is 11.5 Å². The van der Waals surface area contributed by atoms with Crippen molar-refractivity contribution >= 4 is 23.9 Å². The normalized spacial score (nSPS) is 24.9. The number of ether oxygens (including phenoxy) is 2. The summed E-state index contributed by atoms with van der Waals surface area (Å²) in [6, 6.07) is 13.9. The van der Waals surface area contributed by atoms with Gasteiger partial charge in [0, 0.05) is 44.5 Å². The quantitative estimate of drug-likeness (QED) is 0.228. The molecule has 1 amide bonds. The van der Waals surface area contributed by atoms with Gasteiger partial charge in [-0.25, -0.2) is 0 Å². The number of nitrogens with one attached hydrogen (secondary N) is 1. The lowest BCUT2D eigenvalue weighted by molar-refractivity contribution is -0.186. The van der Waals surface area contributed by atoms with E-state index in [9.17, 15) is 19.5 Å². The highest BCUT2D eigenvalue weighted by Gasteiger charge is 2.60. The molecule has 8 heteroatoms. The standard InChI is InChI=1S/C31H36N2O6/c1-4-16-33-17-15-30(25-8-6-10-28(19-25)38-22(2)34)20-26(13-14-31(30,21-33)39-23(3)35)32-29(37)12-11-24-7-5-9-27(36)18-24/h4-12,18-19,26,36H,1,13-17,20-21H2,2-3H3,(H,32,37). The van der Waals surface area contributed by atoms with Crippen LogP contribution in [0.2, 0.25) is 0 Å². The zero-order chi connectivity index (χ0) is 28.0. The van der Waals surface area contributed by atoms with Crippen molar-refractivity contribution < 1.29 is 29.0 Å². The smallest absolute Gasteiger partial charge is 0.308 e. The summed E-state index contributed by atoms with van der Waals surface area (Å²) in [5.74, 6) is -0.444. The van der Waals surface area contributed by atoms with Crippen molar-refractivity contribution in [1.82, 2.24) is 10.2 Å². The molecule has 8 nitrogen and oxygen atoms in total. The molecule has 1 aliphatic carbocycles. The van der Waals surface area contributed by atoms with Crippen molar-refractivity contribution in [2.75, 3.05) is 19.6 Å². The molecule has 0 aromatic heterocycles. The van der Waals surface area contributed by atoms with Crippen molar-refractivity contribution in [2.45, 2.75) is 56.6 Å². The first-order chi connectivity index (χ1) is 18.6. The second kappa shape index (κ2) is 11.9. The SMILES string of the molecule is C=CCN1CCC2(c3cccc(OC(C)=O)c3)CC(NC(=O)C=Cc3cccc(O)c3)CCC2(OC(C)=O)C1. The highest BCUT2D eigenvalue weighted by atomic mass is 16.6. The Morgan fingerprint density at radius 1 is 1.13 bits per heavy atom. The van der Waals surface area contributed by atoms with E-state index in [0.717, 1.165) is 17.7 Å². The number of phenolic OH excluding ortho intramolecular Hbond substituents is 1. The Bertz CT molecular complexity index is 1270. The fourth-order valence-electron chi connectivity index (χ4n) is 6.22. The van der Waals surface area contributed by atoms with E-state index in [1.54, 1.807) is 36.4 Å². The molecular weight excluding hydrogens is 496 g/mol. The third-order valence-corrected chi connectivity index (χ3v) is 7.72. The summed E-state index contributed by atoms with van der Waals surface area (Å²) in [5.41, 5.74) is 0.191. The number of fused-ring (bicyclic) bond motifs is 1. The minimum Gasteiger partial charge on any atom is -0.508 e. The number of hydrogen-bond acceptors (Lipinski definition) is 7. The second-order valence-electron chi connectivity index (χ2n) is 10.4. The molecule has 0 radical (unpaired) electrons. The summed E-state index contributed by atoms with van der Waals surface area (Å²) in [4.78, 5) is 39.3. The molecule has 1 saturated heterocycles. The zero-order valence-corrected chi connectivity index (χ0v) is 22.5. The number of carbonyl (C=O) groups excluding carboxylic acids is 3. The fourth-order valence-corrected chi connectivity index (χ4v) is 6.22. The molecule has 4 rings (SSSR count). The molecular formula is C31H36N2O6. The van der Waals surface area contributed by atoms with E-state index in [1.165, 1.54) is 19.9 Å². The highest BCUT2D eigenvalue weighted by molar-refractivity contribution is 5.92. The number of phenols is 1. The molecule has 0 bridgehead atoms. The van der Waals surface area contributed by atoms with Crippen LogP contribution in [0.15, 0.2) is 67.3 Å². The lowest BCUT2D eigenvalue weighted by atomic mass is 9.55. The first-order valence-electron chi connectivity index (χ1n) is 13.2. The van der Waals surface area contributed by atoms with E-state index in [4.69, 9.17) is 9.47 Å². The van der Waals surface area contributed by atoms with Crippen molar-refractivity contribution in [3.05, 3.63) is 78.4 Å². The van der Waals surface area contributed by atoms with Crippen LogP contribution >= 0.6 is 0 Å². The van der Waals surface area contributed by atoms with Crippen molar-refractivity contribution in [2.24, 2.45) is 0 Å². The molecule has 2 N–H and O–H groups in total. The maximum Gasteiger partial charge on any atom is 0.308 e. The molecule has 2 aromatic carbocycles. The van der Waals surface area contributed by atoms with Gasteiger partial charge in [-0.05, 0) is 73.7 Å². The van der Waals surface area contributed by atoms with Crippen molar-refractivity contribution in [1.29, 1.82) is 0 Å². The Hall–Kier alpha value is -3.91. The molecule has 3 unspecified atom stereocenters. The van der Waals surface area contributed by atoms with Crippen molar-refractivity contribution in [3.63, 3.8) is 0 Å². The number of amides is 1. The van der Waals surface area contributed by atoms with Crippen LogP contribution in [-0.2, 0) is 24.5 Å². The monoisotopic (exact) mass is 532 g/mol. The molecule has 2 aromatic rings. The van der Waals surface area contributed by atoms with Gasteiger partial charge in [0.05, 0.1) is 0 Å². The zero-order valence-electron chi connectivity index (χ0n) is 22.5. The van der Waals surface area contributed by atoms with Crippen LogP contribution in [0, 0.1) is 0 Å². The second-order valence-corrected chi connectivity index (χ2v) is 10.4. The van der Waals surface area contributed by atoms with E-state index in [1.807, 2.05) is 24.3 Å². The van der Waals surface area contributed by atoms with Crippen LogP contribution in [0.4, 0.5) is 0 Å². The minimum atomic E-state index is -0.826. The number of nitrogens with zero attached hydrogens (tertiary/aromatic N) is 1. The van der Waals surface area contributed by atoms with E-state index < -0.39 is 17.0 Å². The van der Waals surface area contributed by atoms with Crippen LogP contribution in [0.3, 0.4) is 0 Å². The molecule has 3 atom stereocenters. The number of carbonyl (C=O) groups is 3. The summed E-state index contributed by atoms with van der Waals surface area (Å²) in [7, 11) is 0. The molecule has 206 valence electrons. The van der Waals surface area contributed by atoms with Gasteiger partial charge < -0.3 is 19.9 Å². The van der Waals surface area contributed by atoms with Gasteiger partial charge in [-0.3, -0.25) is 19.3 Å². The average Bonchev–Trinajstić information content (AvgIpc) is 2.87. The molecule has 0 spiro atoms. The molecule has 2 fully saturated rings. The Labute approximate surface area is 229 Å². The van der Waals surface area contributed by atoms with Crippen LogP contribution in [0.25, 0.3) is 6.08 Å². The maximum atomic E-state index is 12.9. The summed E-state index contributed by atoms with van der Waals surface area (Å²) in [6.07, 6.45) is 7.39. The summed E-state index contributed by atoms with van der Waals surface area (Å²) < 4.78 is 11.6. The predicted molar refractivity (Wildman–Crippen MR) is 148 cm³/mol. The highest BCUT2D eigenvalue weighted by Crippen LogP contribution is 2.54. The Balaban J connectivity index is 1.67. The number of likely N-dealkylation sites (tertiary alicyclic amines) is 1. The lowest BCUT2D eigenvalue weighted by Crippen LogP contribution is -2.68. The maximum absolute atomic E-state index is 12.9. The predicted octanol–water partition coefficient (Wildman–Crippen LogP) is 4.13. The number of esters is 2. The van der Waals surface area contributed by atoms with Gasteiger partial charge in [0.2, 0.25) is 5.91 Å². The summed E-state index contributed by atoms with van der Waals surface area (Å²) >= 11 is 0. The summed E-state index contributed by atoms with van der Waals surface area (Å²) in [6.45, 7) is 8.64. The van der Waals surface area contributed by atoms with Gasteiger partial charge >= 0.3 is 11.9 Å². The van der Waals surface area contributed by atoms with Gasteiger partial charge in [0.15, 0.2) is 0 Å². The van der Waals surface area contributed by atoms with E-state index in [-0.39, 0.29) is 23.7 Å². The topological polar surface area (TPSA) is 105 Å². The van der Waals surface area contributed by atoms with Gasteiger partial charge in [0.1, 0.15) is 17.1 Å². The molecule has 1 saturated carbocycles. The number of hydrogen-bond donors (Lipinski definition) is 2. The van der Waals surface area contributed by atoms with E-state index in [2.05, 4.69) is 16.8 Å². The van der Waals surface area contributed by atoms with Crippen LogP contribution in [0.1, 0.15) is 50.7 Å². The van der Waals surface area contributed by atoms with Gasteiger partial charge in [0.25, 0.3) is 0 Å². The van der Waals surface area contributed by atoms with E-state index in [0.29, 0.717) is 44.5 Å². The van der Waals surface area contributed by atoms with Gasteiger partial charge in [-0.15, -0.1) is 6.58 Å². The largest absolute Gasteiger partial charge is 0.508 e. The number of rotatable bonds is 8. The Morgan fingerprint density at radius 2 is 1.92 bits per heavy atom. The third kappa shape index (κ3) is 6.40. The fraction of sp³-hybridized carbons (Fsp3) is 0.387. The summed E-state index contributed by atoms with van der Waals surface area (Å²) in [5, 5.41) is 12.8. The number of aromatic hydroxyl groups is 1. The Morgan fingerprint density at radius 3 is 2.64 bits per heavy atom. The number of benzene rings is 2. The first-order valence-corrected chi connectivity index (χ1v) is 13.2. The molecule has 2 aliphatic rings. The van der Waals surface area contributed by atoms with Crippen LogP contribution in [-0.4, -0.2) is 59.1 Å². The lowest BCUT2D eigenvalue weighted by Gasteiger charge is -2.59. The third-order valence-electron chi connectivity index (χ3n) is 7.72. The average molecular weight is 533 g/mol. The van der Waals surface area contributed by atoms with Gasteiger partial charge in [-0.1, -0.05) is 30.3 Å². The van der Waals surface area contributed by atoms with Crippen LogP contribution in [0.5, 0.6) is 11.5 Å². The minimum absolute atomic E-state index is 0.132. The first kappa shape index (κ1) is 28.1. The van der Waals surface area contributed by atoms with Gasteiger partial charge in [-0.2, -0.15) is 0 Å².